The maximum absolute atomic E-state index is 13.8. The summed E-state index contributed by atoms with van der Waals surface area (Å²) in [5.41, 5.74) is 6.19. The Morgan fingerprint density at radius 1 is 0.333 bits per heavy atom. The zero-order valence-corrected chi connectivity index (χ0v) is 31.3. The summed E-state index contributed by atoms with van der Waals surface area (Å²) in [6.45, 7) is 5.21. The van der Waals surface area contributed by atoms with E-state index in [9.17, 15) is 19.2 Å². The molecule has 0 fully saturated rings. The van der Waals surface area contributed by atoms with Crippen LogP contribution in [0, 0.1) is 0 Å². The van der Waals surface area contributed by atoms with Gasteiger partial charge in [-0.15, -0.1) is 0 Å². The molecule has 0 saturated heterocycles. The number of benzene rings is 6. The Hall–Kier alpha value is -5.62. The van der Waals surface area contributed by atoms with E-state index in [1.807, 2.05) is 72.8 Å². The molecule has 2 heterocycles. The third-order valence-corrected chi connectivity index (χ3v) is 11.5. The van der Waals surface area contributed by atoms with Gasteiger partial charge in [0.05, 0.1) is 0 Å². The standard InChI is InChI=1S/C48H46N2O4/c1-3-5-7-9-13-29-49-45(51)39-21-15-19-37-35(25-27-41(43(37)39)47(49)53)33-23-24-34(32-18-12-11-17-31(32)33)36-26-28-42-44-38(36)20-16-22-40(44)46(52)50(48(42)54)30-14-10-8-6-4-2/h11-12,15-28H,3-10,13-14,29-30H2,1-2H3. The number of hydrogen-bond donors (Lipinski definition) is 0. The number of hydrogen-bond acceptors (Lipinski definition) is 4. The van der Waals surface area contributed by atoms with Gasteiger partial charge in [0.2, 0.25) is 0 Å². The number of fused-ring (bicyclic) bond motifs is 1. The van der Waals surface area contributed by atoms with Crippen LogP contribution in [0.1, 0.15) is 119 Å². The molecule has 0 aromatic heterocycles. The van der Waals surface area contributed by atoms with Crippen LogP contribution in [-0.2, 0) is 0 Å². The normalized spacial score (nSPS) is 14.0. The summed E-state index contributed by atoms with van der Waals surface area (Å²) in [4.78, 5) is 58.0. The second-order valence-corrected chi connectivity index (χ2v) is 14.8. The maximum Gasteiger partial charge on any atom is 0.261 e. The first kappa shape index (κ1) is 35.4. The van der Waals surface area contributed by atoms with Crippen molar-refractivity contribution in [3.63, 3.8) is 0 Å². The minimum absolute atomic E-state index is 0.221. The van der Waals surface area contributed by atoms with Crippen molar-refractivity contribution in [2.45, 2.75) is 78.1 Å². The summed E-state index contributed by atoms with van der Waals surface area (Å²) in [6.07, 6.45) is 10.4. The summed E-state index contributed by atoms with van der Waals surface area (Å²) in [5, 5.41) is 5.24. The smallest absolute Gasteiger partial charge is 0.261 e. The first-order chi connectivity index (χ1) is 26.4. The molecule has 0 spiro atoms. The van der Waals surface area contributed by atoms with Crippen LogP contribution >= 0.6 is 0 Å². The number of imide groups is 2. The van der Waals surface area contributed by atoms with Crippen LogP contribution < -0.4 is 0 Å². The molecule has 0 saturated carbocycles. The highest BCUT2D eigenvalue weighted by molar-refractivity contribution is 6.29. The van der Waals surface area contributed by atoms with Crippen LogP contribution in [0.2, 0.25) is 0 Å². The van der Waals surface area contributed by atoms with E-state index in [1.165, 1.54) is 9.80 Å². The Balaban J connectivity index is 1.18. The van der Waals surface area contributed by atoms with Gasteiger partial charge in [-0.05, 0) is 80.9 Å². The van der Waals surface area contributed by atoms with E-state index in [0.717, 1.165) is 108 Å². The lowest BCUT2D eigenvalue weighted by molar-refractivity contribution is 0.0592. The van der Waals surface area contributed by atoms with Gasteiger partial charge >= 0.3 is 0 Å². The van der Waals surface area contributed by atoms with Crippen LogP contribution in [0.5, 0.6) is 0 Å². The van der Waals surface area contributed by atoms with Crippen molar-refractivity contribution in [1.82, 2.24) is 9.80 Å². The molecule has 6 aromatic carbocycles. The Morgan fingerprint density at radius 3 is 1.04 bits per heavy atom. The van der Waals surface area contributed by atoms with Crippen LogP contribution in [-0.4, -0.2) is 46.5 Å². The van der Waals surface area contributed by atoms with Crippen LogP contribution in [0.15, 0.2) is 97.1 Å². The van der Waals surface area contributed by atoms with Gasteiger partial charge < -0.3 is 0 Å². The first-order valence-corrected chi connectivity index (χ1v) is 19.8. The lowest BCUT2D eigenvalue weighted by Crippen LogP contribution is -2.40. The number of rotatable bonds is 14. The van der Waals surface area contributed by atoms with Crippen LogP contribution in [0.25, 0.3) is 54.6 Å². The average molecular weight is 715 g/mol. The molecular weight excluding hydrogens is 669 g/mol. The van der Waals surface area contributed by atoms with E-state index < -0.39 is 0 Å². The third kappa shape index (κ3) is 5.98. The van der Waals surface area contributed by atoms with Crippen molar-refractivity contribution in [1.29, 1.82) is 0 Å². The molecule has 6 aromatic rings. The molecular formula is C48H46N2O4. The Kier molecular flexibility index (Phi) is 9.85. The molecule has 0 bridgehead atoms. The summed E-state index contributed by atoms with van der Waals surface area (Å²) < 4.78 is 0. The van der Waals surface area contributed by atoms with Gasteiger partial charge in [0.1, 0.15) is 0 Å². The number of nitrogens with zero attached hydrogens (tertiary/aromatic N) is 2. The third-order valence-electron chi connectivity index (χ3n) is 11.5. The van der Waals surface area contributed by atoms with E-state index in [-0.39, 0.29) is 23.6 Å². The highest BCUT2D eigenvalue weighted by atomic mass is 16.2. The molecule has 272 valence electrons. The van der Waals surface area contributed by atoms with E-state index in [0.29, 0.717) is 46.1 Å². The van der Waals surface area contributed by atoms with Crippen molar-refractivity contribution in [3.8, 4) is 22.3 Å². The fourth-order valence-electron chi connectivity index (χ4n) is 8.68. The zero-order valence-electron chi connectivity index (χ0n) is 31.3. The molecule has 0 N–H and O–H groups in total. The monoisotopic (exact) mass is 714 g/mol. The average Bonchev–Trinajstić information content (AvgIpc) is 3.20. The summed E-state index contributed by atoms with van der Waals surface area (Å²) in [7, 11) is 0. The molecule has 0 radical (unpaired) electrons. The second-order valence-electron chi connectivity index (χ2n) is 14.8. The van der Waals surface area contributed by atoms with Gasteiger partial charge in [-0.25, -0.2) is 0 Å². The van der Waals surface area contributed by atoms with Crippen molar-refractivity contribution in [2.75, 3.05) is 13.1 Å². The lowest BCUT2D eigenvalue weighted by atomic mass is 9.84. The summed E-state index contributed by atoms with van der Waals surface area (Å²) in [6, 6.07) is 31.8. The minimum atomic E-state index is -0.221. The lowest BCUT2D eigenvalue weighted by Gasteiger charge is -2.28. The predicted molar refractivity (Wildman–Crippen MR) is 218 cm³/mol. The van der Waals surface area contributed by atoms with Crippen LogP contribution in [0.3, 0.4) is 0 Å². The molecule has 54 heavy (non-hydrogen) atoms. The molecule has 6 nitrogen and oxygen atoms in total. The minimum Gasteiger partial charge on any atom is -0.274 e. The number of carbonyl (C=O) groups excluding carboxylic acids is 4. The van der Waals surface area contributed by atoms with Crippen molar-refractivity contribution in [2.24, 2.45) is 0 Å². The van der Waals surface area contributed by atoms with Crippen LogP contribution in [0.4, 0.5) is 0 Å². The molecule has 0 aliphatic carbocycles. The predicted octanol–water partition coefficient (Wildman–Crippen LogP) is 11.6. The van der Waals surface area contributed by atoms with Crippen molar-refractivity contribution in [3.05, 3.63) is 119 Å². The van der Waals surface area contributed by atoms with Crippen molar-refractivity contribution >= 4 is 55.9 Å². The van der Waals surface area contributed by atoms with Gasteiger partial charge in [-0.3, -0.25) is 29.0 Å². The molecule has 6 heteroatoms. The summed E-state index contributed by atoms with van der Waals surface area (Å²) >= 11 is 0. The molecule has 0 atom stereocenters. The largest absolute Gasteiger partial charge is 0.274 e. The number of carbonyl (C=O) groups is 4. The SMILES string of the molecule is CCCCCCCN1C(=O)c2cccc3c(-c4ccc(-c5ccc6c7c(cccc57)C(=O)N(CCCCCCC)C6=O)c5ccccc45)ccc(c23)C1=O. The molecule has 0 unspecified atom stereocenters. The van der Waals surface area contributed by atoms with E-state index in [2.05, 4.69) is 38.1 Å². The molecule has 2 aliphatic rings. The fraction of sp³-hybridized carbons (Fsp3) is 0.292. The van der Waals surface area contributed by atoms with Gasteiger partial charge in [0.25, 0.3) is 23.6 Å². The molecule has 2 aliphatic heterocycles. The highest BCUT2D eigenvalue weighted by Gasteiger charge is 2.35. The first-order valence-electron chi connectivity index (χ1n) is 19.8. The molecule has 8 rings (SSSR count). The summed E-state index contributed by atoms with van der Waals surface area (Å²) in [5.74, 6) is -0.886. The van der Waals surface area contributed by atoms with Gasteiger partial charge in [0, 0.05) is 46.1 Å². The highest BCUT2D eigenvalue weighted by Crippen LogP contribution is 2.44. The Labute approximate surface area is 316 Å². The van der Waals surface area contributed by atoms with E-state index in [4.69, 9.17) is 0 Å². The zero-order chi connectivity index (χ0) is 37.3. The quantitative estimate of drug-likeness (QED) is 0.0831. The Morgan fingerprint density at radius 2 is 0.648 bits per heavy atom. The van der Waals surface area contributed by atoms with Gasteiger partial charge in [-0.1, -0.05) is 138 Å². The number of unbranched alkanes of at least 4 members (excludes halogenated alkanes) is 8. The second kappa shape index (κ2) is 15.0. The Bertz CT molecular complexity index is 2260. The van der Waals surface area contributed by atoms with Gasteiger partial charge in [0.15, 0.2) is 0 Å². The molecule has 4 amide bonds. The van der Waals surface area contributed by atoms with Gasteiger partial charge in [-0.2, -0.15) is 0 Å². The fourth-order valence-corrected chi connectivity index (χ4v) is 8.68. The van der Waals surface area contributed by atoms with Crippen molar-refractivity contribution < 1.29 is 19.2 Å². The maximum atomic E-state index is 13.8. The number of amides is 4. The van der Waals surface area contributed by atoms with E-state index in [1.54, 1.807) is 0 Å². The topological polar surface area (TPSA) is 74.8 Å². The van der Waals surface area contributed by atoms with E-state index >= 15 is 0 Å².